The van der Waals surface area contributed by atoms with E-state index >= 15 is 0 Å². The molecule has 1 aliphatic rings. The van der Waals surface area contributed by atoms with Gasteiger partial charge < -0.3 is 24.0 Å². The third kappa shape index (κ3) is 20.7. The van der Waals surface area contributed by atoms with Gasteiger partial charge in [0, 0.05) is 63.5 Å². The number of benzene rings is 5. The minimum atomic E-state index is -0.898. The molecular weight excluding hydrogens is 1080 g/mol. The number of aryl methyl sites for hydroxylation is 1. The molecule has 3 atom stereocenters. The van der Waals surface area contributed by atoms with Gasteiger partial charge in [-0.1, -0.05) is 154 Å². The van der Waals surface area contributed by atoms with Crippen LogP contribution in [0.25, 0.3) is 32.7 Å². The molecule has 3 amide bonds. The maximum Gasteiger partial charge on any atom is 0.331 e. The van der Waals surface area contributed by atoms with Crippen LogP contribution in [0.3, 0.4) is 0 Å². The summed E-state index contributed by atoms with van der Waals surface area (Å²) in [5.41, 5.74) is 8.70. The molecule has 84 heavy (non-hydrogen) atoms. The van der Waals surface area contributed by atoms with Gasteiger partial charge >= 0.3 is 5.97 Å². The monoisotopic (exact) mass is 1180 g/mol. The molecule has 11 nitrogen and oxygen atoms in total. The first-order chi connectivity index (χ1) is 40.0. The maximum absolute atomic E-state index is 13.7. The van der Waals surface area contributed by atoms with Gasteiger partial charge in [0.15, 0.2) is 12.4 Å². The van der Waals surface area contributed by atoms with E-state index in [1.165, 1.54) is 42.5 Å². The van der Waals surface area contributed by atoms with Crippen molar-refractivity contribution < 1.29 is 47.4 Å². The fraction of sp³-hybridized carbons (Fsp3) is 0.507. The van der Waals surface area contributed by atoms with E-state index < -0.39 is 5.97 Å². The number of carbonyl (C=O) groups excluding carboxylic acids is 4. The summed E-state index contributed by atoms with van der Waals surface area (Å²) in [6.07, 6.45) is 12.7. The number of carbonyl (C=O) groups is 5. The average molecular weight is 1180 g/mol. The Labute approximate surface area is 508 Å². The number of carboxylic acids is 1. The van der Waals surface area contributed by atoms with Gasteiger partial charge in [-0.15, -0.1) is 0 Å². The van der Waals surface area contributed by atoms with Crippen LogP contribution in [-0.2, 0) is 25.6 Å². The van der Waals surface area contributed by atoms with Crippen molar-refractivity contribution in [1.29, 1.82) is 0 Å². The van der Waals surface area contributed by atoms with Crippen molar-refractivity contribution in [3.8, 4) is 11.5 Å². The molecule has 13 heteroatoms. The van der Waals surface area contributed by atoms with Crippen LogP contribution in [0.1, 0.15) is 193 Å². The third-order valence-corrected chi connectivity index (χ3v) is 16.4. The zero-order valence-corrected chi connectivity index (χ0v) is 54.3. The number of imide groups is 1. The van der Waals surface area contributed by atoms with E-state index in [-0.39, 0.29) is 42.0 Å². The van der Waals surface area contributed by atoms with Crippen molar-refractivity contribution in [3.05, 3.63) is 129 Å². The number of aliphatic carboxylic acids is 1. The summed E-state index contributed by atoms with van der Waals surface area (Å²) < 4.78 is 26.6. The number of halogens is 2. The maximum atomic E-state index is 13.7. The van der Waals surface area contributed by atoms with Crippen LogP contribution < -0.4 is 14.8 Å². The fourth-order valence-corrected chi connectivity index (χ4v) is 11.2. The number of quaternary nitrogens is 1. The van der Waals surface area contributed by atoms with Crippen molar-refractivity contribution in [3.63, 3.8) is 0 Å². The lowest BCUT2D eigenvalue weighted by Crippen LogP contribution is -2.51. The number of fused-ring (bicyclic) bond motifs is 2. The van der Waals surface area contributed by atoms with Gasteiger partial charge in [0.25, 0.3) is 5.91 Å². The Morgan fingerprint density at radius 2 is 1.49 bits per heavy atom. The van der Waals surface area contributed by atoms with Crippen LogP contribution in [0.5, 0.6) is 11.5 Å². The van der Waals surface area contributed by atoms with Gasteiger partial charge in [-0.05, 0) is 148 Å². The summed E-state index contributed by atoms with van der Waals surface area (Å²) in [4.78, 5) is 59.5. The molecule has 3 unspecified atom stereocenters. The Kier molecular flexibility index (Phi) is 31.2. The molecular formula is C71H100ClFN3O8+. The number of amides is 3. The minimum Gasteiger partial charge on any atom is -0.493 e. The summed E-state index contributed by atoms with van der Waals surface area (Å²) in [5, 5.41) is 16.4. The molecule has 0 radical (unpaired) electrons. The first kappa shape index (κ1) is 71.9. The summed E-state index contributed by atoms with van der Waals surface area (Å²) >= 11 is 6.87. The second kappa shape index (κ2) is 36.5. The van der Waals surface area contributed by atoms with Crippen LogP contribution in [0, 0.1) is 24.6 Å². The number of nitrogens with one attached hydrogen (secondary N) is 1. The molecule has 5 aromatic rings. The Morgan fingerprint density at radius 1 is 0.821 bits per heavy atom. The molecule has 0 aliphatic carbocycles. The van der Waals surface area contributed by atoms with E-state index in [1.54, 1.807) is 13.0 Å². The molecule has 5 aromatic carbocycles. The van der Waals surface area contributed by atoms with Gasteiger partial charge in [0.05, 0.1) is 27.2 Å². The van der Waals surface area contributed by atoms with E-state index in [0.717, 1.165) is 124 Å². The number of likely N-dealkylation sites (N-methyl/N-ethyl adjacent to an activating group) is 1. The highest BCUT2D eigenvalue weighted by Crippen LogP contribution is 2.42. The number of carboxylic acid groups (broad SMARTS) is 1. The molecule has 1 aliphatic heterocycles. The summed E-state index contributed by atoms with van der Waals surface area (Å²) in [7, 11) is 4.50. The zero-order valence-electron chi connectivity index (χ0n) is 53.5. The summed E-state index contributed by atoms with van der Waals surface area (Å²) in [6, 6.07) is 24.1. The molecule has 6 rings (SSSR count). The van der Waals surface area contributed by atoms with Gasteiger partial charge in [0.1, 0.15) is 23.4 Å². The number of nitrogens with zero attached hydrogens (tertiary/aromatic N) is 2. The van der Waals surface area contributed by atoms with Crippen LogP contribution >= 0.6 is 11.6 Å². The van der Waals surface area contributed by atoms with Crippen molar-refractivity contribution in [2.45, 2.75) is 180 Å². The van der Waals surface area contributed by atoms with Crippen LogP contribution in [0.2, 0.25) is 5.02 Å². The first-order valence-electron chi connectivity index (χ1n) is 30.8. The lowest BCUT2D eigenvalue weighted by Gasteiger charge is -2.42. The highest BCUT2D eigenvalue weighted by Gasteiger charge is 2.36. The predicted molar refractivity (Wildman–Crippen MR) is 347 cm³/mol. The Hall–Kier alpha value is -6.37. The molecule has 0 fully saturated rings. The highest BCUT2D eigenvalue weighted by molar-refractivity contribution is 6.32. The SMILES string of the molecule is CC/C(C(=O)O)=C(/CCCOc1cccc2cc(F)ccc12)c1ccc(Cl)c(C2=C(C)CC[N+](C)(C)C2C)c1C.CCCC(C)C(=O)NC=O.CCCC(C)CC.CCCc1ccc(OCC(=O)N(CCC)CCC)c2cccc(C(C)=O)c12. The van der Waals surface area contributed by atoms with E-state index in [4.69, 9.17) is 21.1 Å². The zero-order chi connectivity index (χ0) is 62.7. The molecule has 0 spiro atoms. The lowest BCUT2D eigenvalue weighted by molar-refractivity contribution is -0.905. The summed E-state index contributed by atoms with van der Waals surface area (Å²) in [5.74, 6) is 0.941. The normalized spacial score (nSPS) is 14.5. The number of ether oxygens (including phenoxy) is 2. The lowest BCUT2D eigenvalue weighted by atomic mass is 9.82. The molecule has 0 saturated heterocycles. The molecule has 2 N–H and O–H groups in total. The Morgan fingerprint density at radius 3 is 2.07 bits per heavy atom. The Bertz CT molecular complexity index is 3030. The fourth-order valence-electron chi connectivity index (χ4n) is 10.9. The van der Waals surface area contributed by atoms with Crippen LogP contribution in [-0.4, -0.2) is 97.5 Å². The number of ketones is 1. The van der Waals surface area contributed by atoms with Gasteiger partial charge in [-0.2, -0.15) is 0 Å². The topological polar surface area (TPSA) is 139 Å². The van der Waals surface area contributed by atoms with Crippen molar-refractivity contribution >= 4 is 74.3 Å². The molecule has 1 heterocycles. The predicted octanol–water partition coefficient (Wildman–Crippen LogP) is 17.2. The quantitative estimate of drug-likeness (QED) is 0.0183. The van der Waals surface area contributed by atoms with Gasteiger partial charge in [-0.3, -0.25) is 24.5 Å². The largest absolute Gasteiger partial charge is 0.493 e. The number of rotatable bonds is 26. The van der Waals surface area contributed by atoms with Crippen LogP contribution in [0.4, 0.5) is 4.39 Å². The van der Waals surface area contributed by atoms with Crippen molar-refractivity contribution in [2.75, 3.05) is 46.9 Å². The number of Topliss-reactive ketones (excluding diaryl/α,β-unsaturated/α-hetero) is 1. The molecule has 460 valence electrons. The smallest absolute Gasteiger partial charge is 0.331 e. The number of hydrogen-bond donors (Lipinski definition) is 2. The number of hydrogen-bond acceptors (Lipinski definition) is 7. The van der Waals surface area contributed by atoms with Gasteiger partial charge in [0.2, 0.25) is 12.3 Å². The van der Waals surface area contributed by atoms with Crippen molar-refractivity contribution in [1.82, 2.24) is 10.2 Å². The standard InChI is InChI=1S/C34H39ClFNO3.C23H31NO3.C7H13NO2.C7H16/c1-7-26(34(38)39)29(11-9-19-40-31-12-8-10-24-20-25(36)13-14-28(24)31)27-15-16-30(35)33(22(27)3)32-21(2)17-18-37(5,6)23(32)4;1-5-9-18-12-13-21(20-11-8-10-19(17(4)25)23(18)20)27-16-22(26)24(14-6-2)15-7-3;1-3-4-6(2)7(10)8-5-9;1-4-6-7(3)5-2/h8,10,12-16,20,23H,7,9,11,17-19H2,1-6H3;8,10-13H,5-7,9,14-16H2,1-4H3;5-6H,3-4H2,1-2H3,(H,8,9,10);7H,4-6H2,1-3H3/p+1/b29-26+;;;. The van der Waals surface area contributed by atoms with Gasteiger partial charge in [-0.25, -0.2) is 9.18 Å². The first-order valence-corrected chi connectivity index (χ1v) is 31.2. The van der Waals surface area contributed by atoms with E-state index in [1.807, 2.05) is 86.3 Å². The molecule has 0 aromatic heterocycles. The number of allylic oxidation sites excluding steroid dienone is 1. The van der Waals surface area contributed by atoms with E-state index in [0.29, 0.717) is 59.9 Å². The van der Waals surface area contributed by atoms with Crippen molar-refractivity contribution in [2.24, 2.45) is 11.8 Å². The Balaban J connectivity index is 0.000000359. The average Bonchev–Trinajstić information content (AvgIpc) is 1.65. The molecule has 0 saturated carbocycles. The van der Waals surface area contributed by atoms with Crippen LogP contribution in [0.15, 0.2) is 90.0 Å². The van der Waals surface area contributed by atoms with E-state index in [9.17, 15) is 33.5 Å². The molecule has 0 bridgehead atoms. The second-order valence-corrected chi connectivity index (χ2v) is 23.4. The minimum absolute atomic E-state index is 0.00667. The highest BCUT2D eigenvalue weighted by atomic mass is 35.5. The second-order valence-electron chi connectivity index (χ2n) is 23.0. The summed E-state index contributed by atoms with van der Waals surface area (Å²) in [6.45, 7) is 29.9. The van der Waals surface area contributed by atoms with E-state index in [2.05, 4.69) is 81.7 Å². The third-order valence-electron chi connectivity index (χ3n) is 16.1.